The van der Waals surface area contributed by atoms with Crippen LogP contribution in [0.15, 0.2) is 36.7 Å². The fraction of sp³-hybridized carbons (Fsp3) is 0.417. The molecule has 0 bridgehead atoms. The third-order valence-electron chi connectivity index (χ3n) is 2.22. The first-order valence-corrected chi connectivity index (χ1v) is 4.96. The zero-order chi connectivity index (χ0) is 10.4. The highest BCUT2D eigenvalue weighted by molar-refractivity contribution is 5.10. The molecule has 1 N–H and O–H groups in total. The van der Waals surface area contributed by atoms with Gasteiger partial charge in [-0.25, -0.2) is 0 Å². The van der Waals surface area contributed by atoms with Crippen LogP contribution in [0.3, 0.4) is 0 Å². The van der Waals surface area contributed by atoms with Crippen molar-refractivity contribution in [3.05, 3.63) is 42.2 Å². The van der Waals surface area contributed by atoms with E-state index >= 15 is 0 Å². The molecule has 1 rings (SSSR count). The summed E-state index contributed by atoms with van der Waals surface area (Å²) in [6.45, 7) is 5.93. The minimum Gasteiger partial charge on any atom is -0.392 e. The molecule has 1 unspecified atom stereocenters. The summed E-state index contributed by atoms with van der Waals surface area (Å²) in [6.07, 6.45) is 5.48. The molecule has 1 heterocycles. The molecule has 2 heteroatoms. The van der Waals surface area contributed by atoms with Crippen LogP contribution in [0.4, 0.5) is 0 Å². The Balaban J connectivity index is 2.41. The van der Waals surface area contributed by atoms with Gasteiger partial charge < -0.3 is 5.11 Å². The van der Waals surface area contributed by atoms with Gasteiger partial charge in [0, 0.05) is 18.8 Å². The quantitative estimate of drug-likeness (QED) is 0.725. The Kier molecular flexibility index (Phi) is 4.33. The summed E-state index contributed by atoms with van der Waals surface area (Å²) < 4.78 is 0. The van der Waals surface area contributed by atoms with E-state index in [1.165, 1.54) is 0 Å². The maximum atomic E-state index is 9.72. The summed E-state index contributed by atoms with van der Waals surface area (Å²) in [5.41, 5.74) is 2.17. The van der Waals surface area contributed by atoms with Gasteiger partial charge in [0.25, 0.3) is 0 Å². The molecule has 2 nitrogen and oxygen atoms in total. The number of nitrogens with zero attached hydrogens (tertiary/aromatic N) is 1. The third kappa shape index (κ3) is 3.71. The molecule has 0 amide bonds. The molecule has 1 atom stereocenters. The van der Waals surface area contributed by atoms with Crippen LogP contribution in [-0.4, -0.2) is 16.2 Å². The summed E-state index contributed by atoms with van der Waals surface area (Å²) >= 11 is 0. The molecule has 0 saturated carbocycles. The van der Waals surface area contributed by atoms with E-state index in [0.29, 0.717) is 12.8 Å². The number of aliphatic hydroxyl groups excluding tert-OH is 1. The van der Waals surface area contributed by atoms with Gasteiger partial charge in [0.2, 0.25) is 0 Å². The average Bonchev–Trinajstić information content (AvgIpc) is 2.19. The highest BCUT2D eigenvalue weighted by Crippen LogP contribution is 2.11. The van der Waals surface area contributed by atoms with Crippen molar-refractivity contribution in [2.24, 2.45) is 0 Å². The van der Waals surface area contributed by atoms with Gasteiger partial charge >= 0.3 is 0 Å². The first-order chi connectivity index (χ1) is 6.72. The van der Waals surface area contributed by atoms with E-state index in [1.807, 2.05) is 12.1 Å². The number of pyridine rings is 1. The van der Waals surface area contributed by atoms with E-state index in [-0.39, 0.29) is 6.10 Å². The summed E-state index contributed by atoms with van der Waals surface area (Å²) in [7, 11) is 0. The lowest BCUT2D eigenvalue weighted by Gasteiger charge is -2.10. The van der Waals surface area contributed by atoms with Crippen LogP contribution in [0.25, 0.3) is 0 Å². The number of rotatable bonds is 5. The Bertz CT molecular complexity index is 282. The van der Waals surface area contributed by atoms with Crippen molar-refractivity contribution in [3.8, 4) is 0 Å². The first kappa shape index (κ1) is 10.9. The molecule has 0 radical (unpaired) electrons. The van der Waals surface area contributed by atoms with Crippen molar-refractivity contribution < 1.29 is 5.11 Å². The molecule has 76 valence electrons. The van der Waals surface area contributed by atoms with E-state index in [1.54, 1.807) is 12.4 Å². The van der Waals surface area contributed by atoms with Crippen LogP contribution >= 0.6 is 0 Å². The first-order valence-electron chi connectivity index (χ1n) is 4.96. The Morgan fingerprint density at radius 3 is 3.00 bits per heavy atom. The van der Waals surface area contributed by atoms with E-state index < -0.39 is 0 Å². The monoisotopic (exact) mass is 191 g/mol. The maximum Gasteiger partial charge on any atom is 0.0618 e. The second-order valence-corrected chi connectivity index (χ2v) is 3.53. The lowest BCUT2D eigenvalue weighted by Crippen LogP contribution is -2.11. The van der Waals surface area contributed by atoms with Crippen LogP contribution in [0.2, 0.25) is 0 Å². The Labute approximate surface area is 85.3 Å². The highest BCUT2D eigenvalue weighted by Gasteiger charge is 2.06. The van der Waals surface area contributed by atoms with Crippen LogP contribution in [0, 0.1) is 0 Å². The van der Waals surface area contributed by atoms with Gasteiger partial charge in [-0.15, -0.1) is 0 Å². The number of aromatic nitrogens is 1. The predicted molar refractivity (Wildman–Crippen MR) is 58.0 cm³/mol. The van der Waals surface area contributed by atoms with Gasteiger partial charge in [0.15, 0.2) is 0 Å². The fourth-order valence-corrected chi connectivity index (χ4v) is 1.34. The van der Waals surface area contributed by atoms with Crippen molar-refractivity contribution in [1.29, 1.82) is 0 Å². The normalized spacial score (nSPS) is 12.4. The zero-order valence-corrected chi connectivity index (χ0v) is 8.61. The zero-order valence-electron chi connectivity index (χ0n) is 8.61. The predicted octanol–water partition coefficient (Wildman–Crippen LogP) is 2.34. The molecule has 14 heavy (non-hydrogen) atoms. The van der Waals surface area contributed by atoms with Gasteiger partial charge in [-0.2, -0.15) is 0 Å². The second kappa shape index (κ2) is 5.55. The topological polar surface area (TPSA) is 33.1 Å². The molecular formula is C12H17NO. The molecule has 0 saturated heterocycles. The summed E-state index contributed by atoms with van der Waals surface area (Å²) in [5.74, 6) is 0. The van der Waals surface area contributed by atoms with Crippen molar-refractivity contribution in [2.45, 2.75) is 32.3 Å². The summed E-state index contributed by atoms with van der Waals surface area (Å²) in [5, 5.41) is 9.72. The van der Waals surface area contributed by atoms with E-state index in [4.69, 9.17) is 0 Å². The van der Waals surface area contributed by atoms with Crippen LogP contribution < -0.4 is 0 Å². The highest BCUT2D eigenvalue weighted by atomic mass is 16.3. The average molecular weight is 191 g/mol. The molecule has 0 aromatic carbocycles. The standard InChI is InChI=1S/C12H17NO/c1-3-10(2)7-12(14)8-11-5-4-6-13-9-11/h4-6,9,12,14H,2-3,7-8H2,1H3. The van der Waals surface area contributed by atoms with Gasteiger partial charge in [-0.3, -0.25) is 4.98 Å². The molecule has 0 spiro atoms. The van der Waals surface area contributed by atoms with E-state index in [2.05, 4.69) is 18.5 Å². The van der Waals surface area contributed by atoms with Crippen molar-refractivity contribution in [2.75, 3.05) is 0 Å². The van der Waals surface area contributed by atoms with E-state index in [0.717, 1.165) is 17.6 Å². The summed E-state index contributed by atoms with van der Waals surface area (Å²) in [6, 6.07) is 3.86. The van der Waals surface area contributed by atoms with Crippen LogP contribution in [0.1, 0.15) is 25.3 Å². The molecule has 0 aliphatic heterocycles. The minimum atomic E-state index is -0.327. The number of hydrogen-bond donors (Lipinski definition) is 1. The lowest BCUT2D eigenvalue weighted by molar-refractivity contribution is 0.174. The van der Waals surface area contributed by atoms with Crippen molar-refractivity contribution >= 4 is 0 Å². The Hall–Kier alpha value is -1.15. The fourth-order valence-electron chi connectivity index (χ4n) is 1.34. The van der Waals surface area contributed by atoms with Crippen molar-refractivity contribution in [3.63, 3.8) is 0 Å². The smallest absolute Gasteiger partial charge is 0.0618 e. The van der Waals surface area contributed by atoms with Gasteiger partial charge in [0.1, 0.15) is 0 Å². The lowest BCUT2D eigenvalue weighted by atomic mass is 10.0. The van der Waals surface area contributed by atoms with Crippen molar-refractivity contribution in [1.82, 2.24) is 4.98 Å². The minimum absolute atomic E-state index is 0.327. The van der Waals surface area contributed by atoms with Crippen LogP contribution in [-0.2, 0) is 6.42 Å². The number of aliphatic hydroxyl groups is 1. The number of hydrogen-bond acceptors (Lipinski definition) is 2. The molecule has 0 aliphatic rings. The summed E-state index contributed by atoms with van der Waals surface area (Å²) in [4.78, 5) is 4.00. The molecule has 0 aliphatic carbocycles. The molecule has 1 aromatic heterocycles. The van der Waals surface area contributed by atoms with Gasteiger partial charge in [0.05, 0.1) is 6.10 Å². The molecule has 0 fully saturated rings. The molecule has 1 aromatic rings. The largest absolute Gasteiger partial charge is 0.392 e. The van der Waals surface area contributed by atoms with Crippen LogP contribution in [0.5, 0.6) is 0 Å². The third-order valence-corrected chi connectivity index (χ3v) is 2.22. The van der Waals surface area contributed by atoms with Gasteiger partial charge in [-0.1, -0.05) is 25.1 Å². The van der Waals surface area contributed by atoms with E-state index in [9.17, 15) is 5.11 Å². The SMILES string of the molecule is C=C(CC)CC(O)Cc1cccnc1. The second-order valence-electron chi connectivity index (χ2n) is 3.53. The molecular weight excluding hydrogens is 174 g/mol. The Morgan fingerprint density at radius 1 is 1.64 bits per heavy atom. The van der Waals surface area contributed by atoms with Gasteiger partial charge in [-0.05, 0) is 24.5 Å². The Morgan fingerprint density at radius 2 is 2.43 bits per heavy atom. The maximum absolute atomic E-state index is 9.72.